The standard InChI is InChI=1S/C13H19NO/c1-10-6-7-14(9-11(10)2)12-4-3-5-13(15)8-12/h3-5,8,10-11,15H,6-7,9H2,1-2H3/t10-,11-/m1/s1. The number of hydrogen-bond acceptors (Lipinski definition) is 2. The first-order valence-electron chi connectivity index (χ1n) is 5.71. The zero-order chi connectivity index (χ0) is 10.8. The summed E-state index contributed by atoms with van der Waals surface area (Å²) < 4.78 is 0. The molecular formula is C13H19NO. The van der Waals surface area contributed by atoms with Gasteiger partial charge in [0.25, 0.3) is 0 Å². The van der Waals surface area contributed by atoms with Gasteiger partial charge in [0.1, 0.15) is 5.75 Å². The lowest BCUT2D eigenvalue weighted by molar-refractivity contribution is 0.324. The van der Waals surface area contributed by atoms with Gasteiger partial charge < -0.3 is 10.0 Å². The van der Waals surface area contributed by atoms with Crippen molar-refractivity contribution < 1.29 is 5.11 Å². The van der Waals surface area contributed by atoms with Crippen LogP contribution < -0.4 is 4.90 Å². The number of nitrogens with zero attached hydrogens (tertiary/aromatic N) is 1. The van der Waals surface area contributed by atoms with Crippen molar-refractivity contribution in [1.29, 1.82) is 0 Å². The maximum Gasteiger partial charge on any atom is 0.117 e. The Morgan fingerprint density at radius 1 is 1.27 bits per heavy atom. The zero-order valence-electron chi connectivity index (χ0n) is 9.48. The van der Waals surface area contributed by atoms with E-state index in [1.807, 2.05) is 12.1 Å². The summed E-state index contributed by atoms with van der Waals surface area (Å²) in [5.41, 5.74) is 1.15. The highest BCUT2D eigenvalue weighted by atomic mass is 16.3. The lowest BCUT2D eigenvalue weighted by atomic mass is 9.88. The Morgan fingerprint density at radius 2 is 2.07 bits per heavy atom. The minimum Gasteiger partial charge on any atom is -0.508 e. The number of hydrogen-bond donors (Lipinski definition) is 1. The molecule has 0 saturated carbocycles. The second-order valence-electron chi connectivity index (χ2n) is 4.71. The first-order valence-corrected chi connectivity index (χ1v) is 5.71. The van der Waals surface area contributed by atoms with Gasteiger partial charge in [-0.3, -0.25) is 0 Å². The van der Waals surface area contributed by atoms with Gasteiger partial charge in [0, 0.05) is 24.8 Å². The van der Waals surface area contributed by atoms with E-state index in [1.54, 1.807) is 6.07 Å². The summed E-state index contributed by atoms with van der Waals surface area (Å²) in [4.78, 5) is 2.37. The van der Waals surface area contributed by atoms with E-state index in [0.717, 1.165) is 30.6 Å². The number of phenols is 1. The summed E-state index contributed by atoms with van der Waals surface area (Å²) in [7, 11) is 0. The van der Waals surface area contributed by atoms with Crippen LogP contribution in [0.4, 0.5) is 5.69 Å². The van der Waals surface area contributed by atoms with Crippen LogP contribution in [-0.2, 0) is 0 Å². The van der Waals surface area contributed by atoms with Crippen LogP contribution in [-0.4, -0.2) is 18.2 Å². The predicted molar refractivity (Wildman–Crippen MR) is 63.3 cm³/mol. The van der Waals surface area contributed by atoms with Crippen LogP contribution in [0.2, 0.25) is 0 Å². The molecule has 1 aliphatic rings. The summed E-state index contributed by atoms with van der Waals surface area (Å²) >= 11 is 0. The van der Waals surface area contributed by atoms with Crippen LogP contribution >= 0.6 is 0 Å². The topological polar surface area (TPSA) is 23.5 Å². The number of anilines is 1. The molecule has 1 N–H and O–H groups in total. The molecule has 1 aliphatic heterocycles. The van der Waals surface area contributed by atoms with Gasteiger partial charge in [0.05, 0.1) is 0 Å². The van der Waals surface area contributed by atoms with Gasteiger partial charge in [-0.05, 0) is 30.4 Å². The Balaban J connectivity index is 2.12. The second kappa shape index (κ2) is 4.13. The monoisotopic (exact) mass is 205 g/mol. The van der Waals surface area contributed by atoms with Crippen molar-refractivity contribution in [2.75, 3.05) is 18.0 Å². The van der Waals surface area contributed by atoms with E-state index in [-0.39, 0.29) is 0 Å². The molecule has 15 heavy (non-hydrogen) atoms. The van der Waals surface area contributed by atoms with Gasteiger partial charge in [-0.2, -0.15) is 0 Å². The molecule has 0 radical (unpaired) electrons. The summed E-state index contributed by atoms with van der Waals surface area (Å²) in [6.07, 6.45) is 1.25. The minimum absolute atomic E-state index is 0.360. The van der Waals surface area contributed by atoms with Gasteiger partial charge in [-0.15, -0.1) is 0 Å². The van der Waals surface area contributed by atoms with Crippen molar-refractivity contribution in [3.8, 4) is 5.75 Å². The molecule has 0 bridgehead atoms. The van der Waals surface area contributed by atoms with Crippen LogP contribution in [0.1, 0.15) is 20.3 Å². The van der Waals surface area contributed by atoms with E-state index < -0.39 is 0 Å². The molecule has 2 heteroatoms. The van der Waals surface area contributed by atoms with Crippen molar-refractivity contribution >= 4 is 5.69 Å². The number of benzene rings is 1. The molecule has 1 heterocycles. The van der Waals surface area contributed by atoms with E-state index in [1.165, 1.54) is 6.42 Å². The Morgan fingerprint density at radius 3 is 2.73 bits per heavy atom. The normalized spacial score (nSPS) is 26.7. The maximum atomic E-state index is 9.43. The molecule has 1 fully saturated rings. The fourth-order valence-electron chi connectivity index (χ4n) is 2.19. The largest absolute Gasteiger partial charge is 0.508 e. The fourth-order valence-corrected chi connectivity index (χ4v) is 2.19. The quantitative estimate of drug-likeness (QED) is 0.762. The number of piperidine rings is 1. The second-order valence-corrected chi connectivity index (χ2v) is 4.71. The third kappa shape index (κ3) is 2.25. The van der Waals surface area contributed by atoms with Crippen LogP contribution in [0, 0.1) is 11.8 Å². The third-order valence-electron chi connectivity index (χ3n) is 3.53. The van der Waals surface area contributed by atoms with Crippen molar-refractivity contribution in [1.82, 2.24) is 0 Å². The fraction of sp³-hybridized carbons (Fsp3) is 0.538. The molecule has 1 saturated heterocycles. The summed E-state index contributed by atoms with van der Waals surface area (Å²) in [6.45, 7) is 6.84. The Kier molecular flexibility index (Phi) is 2.85. The summed E-state index contributed by atoms with van der Waals surface area (Å²) in [6, 6.07) is 7.55. The summed E-state index contributed by atoms with van der Waals surface area (Å²) in [5, 5.41) is 9.43. The highest BCUT2D eigenvalue weighted by Gasteiger charge is 2.22. The third-order valence-corrected chi connectivity index (χ3v) is 3.53. The summed E-state index contributed by atoms with van der Waals surface area (Å²) in [5.74, 6) is 1.92. The van der Waals surface area contributed by atoms with E-state index in [2.05, 4.69) is 24.8 Å². The first kappa shape index (κ1) is 10.3. The van der Waals surface area contributed by atoms with E-state index in [0.29, 0.717) is 5.75 Å². The van der Waals surface area contributed by atoms with E-state index in [9.17, 15) is 5.11 Å². The Labute approximate surface area is 91.5 Å². The molecule has 0 amide bonds. The van der Waals surface area contributed by atoms with Gasteiger partial charge in [0.15, 0.2) is 0 Å². The lowest BCUT2D eigenvalue weighted by Gasteiger charge is -2.36. The van der Waals surface area contributed by atoms with Crippen molar-refractivity contribution in [3.63, 3.8) is 0 Å². The van der Waals surface area contributed by atoms with Crippen LogP contribution in [0.5, 0.6) is 5.75 Å². The van der Waals surface area contributed by atoms with Gasteiger partial charge >= 0.3 is 0 Å². The van der Waals surface area contributed by atoms with E-state index >= 15 is 0 Å². The van der Waals surface area contributed by atoms with Gasteiger partial charge in [0.2, 0.25) is 0 Å². The lowest BCUT2D eigenvalue weighted by Crippen LogP contribution is -2.38. The van der Waals surface area contributed by atoms with Crippen LogP contribution in [0.3, 0.4) is 0 Å². The molecule has 2 nitrogen and oxygen atoms in total. The van der Waals surface area contributed by atoms with Gasteiger partial charge in [-0.25, -0.2) is 0 Å². The van der Waals surface area contributed by atoms with E-state index in [4.69, 9.17) is 0 Å². The zero-order valence-corrected chi connectivity index (χ0v) is 9.48. The first-order chi connectivity index (χ1) is 7.16. The number of rotatable bonds is 1. The average Bonchev–Trinajstić information content (AvgIpc) is 2.22. The van der Waals surface area contributed by atoms with Crippen molar-refractivity contribution in [3.05, 3.63) is 24.3 Å². The molecule has 1 aromatic rings. The minimum atomic E-state index is 0.360. The Bertz CT molecular complexity index is 337. The van der Waals surface area contributed by atoms with Crippen molar-refractivity contribution in [2.24, 2.45) is 11.8 Å². The predicted octanol–water partition coefficient (Wildman–Crippen LogP) is 2.87. The SMILES string of the molecule is C[C@@H]1CCN(c2cccc(O)c2)C[C@H]1C. The molecule has 0 aliphatic carbocycles. The molecular weight excluding hydrogens is 186 g/mol. The molecule has 0 unspecified atom stereocenters. The molecule has 1 aromatic carbocycles. The number of phenolic OH excluding ortho intramolecular Hbond substituents is 1. The molecule has 0 aromatic heterocycles. The Hall–Kier alpha value is -1.18. The average molecular weight is 205 g/mol. The van der Waals surface area contributed by atoms with Crippen molar-refractivity contribution in [2.45, 2.75) is 20.3 Å². The maximum absolute atomic E-state index is 9.43. The van der Waals surface area contributed by atoms with Crippen LogP contribution in [0.25, 0.3) is 0 Å². The highest BCUT2D eigenvalue weighted by molar-refractivity contribution is 5.50. The van der Waals surface area contributed by atoms with Crippen LogP contribution in [0.15, 0.2) is 24.3 Å². The number of aromatic hydroxyl groups is 1. The molecule has 2 atom stereocenters. The molecule has 82 valence electrons. The highest BCUT2D eigenvalue weighted by Crippen LogP contribution is 2.28. The smallest absolute Gasteiger partial charge is 0.117 e. The molecule has 0 spiro atoms. The molecule has 2 rings (SSSR count). The van der Waals surface area contributed by atoms with Gasteiger partial charge in [-0.1, -0.05) is 19.9 Å².